The normalized spacial score (nSPS) is 12.2. The van der Waals surface area contributed by atoms with Crippen molar-refractivity contribution in [3.63, 3.8) is 0 Å². The molecular formula is C14H20FNO3. The molecule has 0 aliphatic rings. The smallest absolute Gasteiger partial charge is 0.248 e. The molecule has 0 aromatic heterocycles. The molecule has 19 heavy (non-hydrogen) atoms. The standard InChI is InChI=1S/C14H20FNO3/c1-11(12-6-4-5-7-13(12)15)16(2)14(17)10-19-9-8-18-3/h4-7,11H,8-10H2,1-3H3. The number of amides is 1. The third-order valence-electron chi connectivity index (χ3n) is 2.99. The Kier molecular flexibility index (Phi) is 6.45. The van der Waals surface area contributed by atoms with Crippen LogP contribution in [0, 0.1) is 5.82 Å². The van der Waals surface area contributed by atoms with Crippen LogP contribution in [0.4, 0.5) is 4.39 Å². The van der Waals surface area contributed by atoms with E-state index in [9.17, 15) is 9.18 Å². The molecule has 0 bridgehead atoms. The van der Waals surface area contributed by atoms with E-state index in [4.69, 9.17) is 9.47 Å². The first-order chi connectivity index (χ1) is 9.07. The fraction of sp³-hybridized carbons (Fsp3) is 0.500. The number of rotatable bonds is 7. The lowest BCUT2D eigenvalue weighted by Crippen LogP contribution is -2.33. The Hall–Kier alpha value is -1.46. The van der Waals surface area contributed by atoms with Crippen LogP contribution in [-0.4, -0.2) is 44.8 Å². The van der Waals surface area contributed by atoms with Gasteiger partial charge in [-0.1, -0.05) is 18.2 Å². The first-order valence-electron chi connectivity index (χ1n) is 6.14. The number of nitrogens with zero attached hydrogens (tertiary/aromatic N) is 1. The summed E-state index contributed by atoms with van der Waals surface area (Å²) in [4.78, 5) is 13.3. The van der Waals surface area contributed by atoms with E-state index in [1.54, 1.807) is 39.3 Å². The fourth-order valence-corrected chi connectivity index (χ4v) is 1.64. The molecule has 0 N–H and O–H groups in total. The van der Waals surface area contributed by atoms with Crippen molar-refractivity contribution in [3.05, 3.63) is 35.6 Å². The van der Waals surface area contributed by atoms with Gasteiger partial charge in [-0.05, 0) is 13.0 Å². The van der Waals surface area contributed by atoms with E-state index >= 15 is 0 Å². The van der Waals surface area contributed by atoms with Gasteiger partial charge in [0.25, 0.3) is 0 Å². The molecule has 0 heterocycles. The number of methoxy groups -OCH3 is 1. The van der Waals surface area contributed by atoms with Crippen molar-refractivity contribution in [2.45, 2.75) is 13.0 Å². The monoisotopic (exact) mass is 269 g/mol. The van der Waals surface area contributed by atoms with Crippen molar-refractivity contribution in [3.8, 4) is 0 Å². The Morgan fingerprint density at radius 2 is 2.05 bits per heavy atom. The third-order valence-corrected chi connectivity index (χ3v) is 2.99. The van der Waals surface area contributed by atoms with Crippen LogP contribution in [-0.2, 0) is 14.3 Å². The minimum atomic E-state index is -0.334. The molecule has 0 aliphatic carbocycles. The van der Waals surface area contributed by atoms with Crippen molar-refractivity contribution < 1.29 is 18.7 Å². The topological polar surface area (TPSA) is 38.8 Å². The zero-order chi connectivity index (χ0) is 14.3. The second-order valence-electron chi connectivity index (χ2n) is 4.25. The summed E-state index contributed by atoms with van der Waals surface area (Å²) in [6.07, 6.45) is 0. The Balaban J connectivity index is 2.54. The van der Waals surface area contributed by atoms with Crippen molar-refractivity contribution >= 4 is 5.91 Å². The Bertz CT molecular complexity index is 411. The molecule has 0 saturated heterocycles. The van der Waals surface area contributed by atoms with E-state index in [-0.39, 0.29) is 24.4 Å². The van der Waals surface area contributed by atoms with Crippen LogP contribution in [0.1, 0.15) is 18.5 Å². The lowest BCUT2D eigenvalue weighted by molar-refractivity contribution is -0.137. The molecule has 1 amide bonds. The summed E-state index contributed by atoms with van der Waals surface area (Å²) >= 11 is 0. The van der Waals surface area contributed by atoms with E-state index in [1.807, 2.05) is 0 Å². The number of hydrogen-bond acceptors (Lipinski definition) is 3. The molecule has 1 rings (SSSR count). The first kappa shape index (κ1) is 15.6. The van der Waals surface area contributed by atoms with Crippen LogP contribution < -0.4 is 0 Å². The molecule has 0 spiro atoms. The van der Waals surface area contributed by atoms with Crippen LogP contribution in [0.5, 0.6) is 0 Å². The number of ether oxygens (including phenoxy) is 2. The number of carbonyl (C=O) groups is 1. The lowest BCUT2D eigenvalue weighted by atomic mass is 10.1. The number of halogens is 1. The molecule has 0 radical (unpaired) electrons. The highest BCUT2D eigenvalue weighted by atomic mass is 19.1. The van der Waals surface area contributed by atoms with E-state index < -0.39 is 0 Å². The fourth-order valence-electron chi connectivity index (χ4n) is 1.64. The molecule has 0 saturated carbocycles. The SMILES string of the molecule is COCCOCC(=O)N(C)C(C)c1ccccc1F. The minimum Gasteiger partial charge on any atom is -0.382 e. The quantitative estimate of drug-likeness (QED) is 0.711. The van der Waals surface area contributed by atoms with E-state index in [2.05, 4.69) is 0 Å². The van der Waals surface area contributed by atoms with Crippen LogP contribution in [0.3, 0.4) is 0 Å². The van der Waals surface area contributed by atoms with Gasteiger partial charge in [0.1, 0.15) is 12.4 Å². The van der Waals surface area contributed by atoms with E-state index in [1.165, 1.54) is 11.0 Å². The molecule has 1 aromatic carbocycles. The number of benzene rings is 1. The van der Waals surface area contributed by atoms with Gasteiger partial charge in [0.2, 0.25) is 5.91 Å². The Labute approximate surface area is 113 Å². The minimum absolute atomic E-state index is 0.0291. The second-order valence-corrected chi connectivity index (χ2v) is 4.25. The molecule has 0 aliphatic heterocycles. The molecule has 0 fully saturated rings. The molecule has 1 atom stereocenters. The Morgan fingerprint density at radius 3 is 2.68 bits per heavy atom. The van der Waals surface area contributed by atoms with Crippen molar-refractivity contribution in [2.24, 2.45) is 0 Å². The zero-order valence-corrected chi connectivity index (χ0v) is 11.6. The maximum atomic E-state index is 13.6. The molecule has 1 unspecified atom stereocenters. The van der Waals surface area contributed by atoms with Crippen LogP contribution in [0.2, 0.25) is 0 Å². The maximum absolute atomic E-state index is 13.6. The van der Waals surface area contributed by atoms with Gasteiger partial charge in [0.05, 0.1) is 19.3 Å². The van der Waals surface area contributed by atoms with Gasteiger partial charge < -0.3 is 14.4 Å². The number of hydrogen-bond donors (Lipinski definition) is 0. The lowest BCUT2D eigenvalue weighted by Gasteiger charge is -2.25. The van der Waals surface area contributed by atoms with E-state index in [0.29, 0.717) is 18.8 Å². The predicted molar refractivity (Wildman–Crippen MR) is 70.3 cm³/mol. The van der Waals surface area contributed by atoms with E-state index in [0.717, 1.165) is 0 Å². The van der Waals surface area contributed by atoms with Gasteiger partial charge in [-0.3, -0.25) is 4.79 Å². The van der Waals surface area contributed by atoms with Crippen LogP contribution in [0.15, 0.2) is 24.3 Å². The maximum Gasteiger partial charge on any atom is 0.248 e. The summed E-state index contributed by atoms with van der Waals surface area (Å²) in [5.74, 6) is -0.498. The number of likely N-dealkylation sites (N-methyl/N-ethyl adjacent to an activating group) is 1. The van der Waals surface area contributed by atoms with Gasteiger partial charge in [-0.25, -0.2) is 4.39 Å². The van der Waals surface area contributed by atoms with Gasteiger partial charge >= 0.3 is 0 Å². The summed E-state index contributed by atoms with van der Waals surface area (Å²) in [6, 6.07) is 6.11. The average Bonchev–Trinajstić information content (AvgIpc) is 2.42. The van der Waals surface area contributed by atoms with Crippen molar-refractivity contribution in [1.29, 1.82) is 0 Å². The molecule has 106 valence electrons. The zero-order valence-electron chi connectivity index (χ0n) is 11.6. The summed E-state index contributed by atoms with van der Waals surface area (Å²) in [5.41, 5.74) is 0.496. The van der Waals surface area contributed by atoms with Crippen molar-refractivity contribution in [1.82, 2.24) is 4.90 Å². The summed E-state index contributed by atoms with van der Waals surface area (Å²) in [5, 5.41) is 0. The highest BCUT2D eigenvalue weighted by molar-refractivity contribution is 5.77. The second kappa shape index (κ2) is 7.86. The molecule has 1 aromatic rings. The summed E-state index contributed by atoms with van der Waals surface area (Å²) in [7, 11) is 3.21. The summed E-state index contributed by atoms with van der Waals surface area (Å²) < 4.78 is 23.6. The molecule has 4 nitrogen and oxygen atoms in total. The third kappa shape index (κ3) is 4.61. The van der Waals surface area contributed by atoms with Crippen molar-refractivity contribution in [2.75, 3.05) is 34.0 Å². The van der Waals surface area contributed by atoms with Gasteiger partial charge in [-0.2, -0.15) is 0 Å². The highest BCUT2D eigenvalue weighted by Gasteiger charge is 2.19. The van der Waals surface area contributed by atoms with Gasteiger partial charge in [0.15, 0.2) is 0 Å². The number of carbonyl (C=O) groups excluding carboxylic acids is 1. The Morgan fingerprint density at radius 1 is 1.37 bits per heavy atom. The summed E-state index contributed by atoms with van der Waals surface area (Å²) in [6.45, 7) is 2.56. The predicted octanol–water partition coefficient (Wildman–Crippen LogP) is 2.01. The largest absolute Gasteiger partial charge is 0.382 e. The molecular weight excluding hydrogens is 249 g/mol. The first-order valence-corrected chi connectivity index (χ1v) is 6.14. The van der Waals surface area contributed by atoms with Gasteiger partial charge in [0, 0.05) is 19.7 Å². The molecule has 5 heteroatoms. The average molecular weight is 269 g/mol. The van der Waals surface area contributed by atoms with Crippen LogP contribution >= 0.6 is 0 Å². The van der Waals surface area contributed by atoms with Gasteiger partial charge in [-0.15, -0.1) is 0 Å². The van der Waals surface area contributed by atoms with Crippen LogP contribution in [0.25, 0.3) is 0 Å². The highest BCUT2D eigenvalue weighted by Crippen LogP contribution is 2.21.